The van der Waals surface area contributed by atoms with Gasteiger partial charge in [0.05, 0.1) is 20.3 Å². The van der Waals surface area contributed by atoms with Gasteiger partial charge in [0.1, 0.15) is 6.04 Å². The van der Waals surface area contributed by atoms with E-state index in [-0.39, 0.29) is 18.0 Å². The highest BCUT2D eigenvalue weighted by atomic mass is 16.5. The molecule has 0 bridgehead atoms. The second-order valence-corrected chi connectivity index (χ2v) is 9.14. The molecule has 3 aromatic rings. The smallest absolute Gasteiger partial charge is 0.318 e. The minimum atomic E-state index is -0.722. The number of carbonyl (C=O) groups excluding carboxylic acids is 2. The van der Waals surface area contributed by atoms with Crippen LogP contribution in [0, 0.1) is 13.8 Å². The molecule has 0 saturated carbocycles. The molecular weight excluding hydrogens is 454 g/mol. The van der Waals surface area contributed by atoms with Crippen LogP contribution in [-0.2, 0) is 11.2 Å². The van der Waals surface area contributed by atoms with E-state index >= 15 is 0 Å². The molecule has 2 N–H and O–H groups in total. The molecular formula is C29H33N3O4. The van der Waals surface area contributed by atoms with Crippen LogP contribution in [0.5, 0.6) is 11.5 Å². The lowest BCUT2D eigenvalue weighted by Crippen LogP contribution is -2.51. The summed E-state index contributed by atoms with van der Waals surface area (Å²) in [5, 5.41) is 5.85. The highest BCUT2D eigenvalue weighted by Gasteiger charge is 2.34. The fraction of sp³-hybridized carbons (Fsp3) is 0.310. The maximum Gasteiger partial charge on any atom is 0.318 e. The molecule has 7 heteroatoms. The predicted molar refractivity (Wildman–Crippen MR) is 141 cm³/mol. The fourth-order valence-corrected chi connectivity index (χ4v) is 4.60. The van der Waals surface area contributed by atoms with E-state index in [9.17, 15) is 9.59 Å². The van der Waals surface area contributed by atoms with Crippen molar-refractivity contribution in [3.63, 3.8) is 0 Å². The van der Waals surface area contributed by atoms with E-state index in [1.54, 1.807) is 26.0 Å². The van der Waals surface area contributed by atoms with Gasteiger partial charge in [-0.15, -0.1) is 0 Å². The minimum absolute atomic E-state index is 0.267. The molecule has 2 atom stereocenters. The lowest BCUT2D eigenvalue weighted by Gasteiger charge is -2.38. The first kappa shape index (κ1) is 25.1. The predicted octanol–water partition coefficient (Wildman–Crippen LogP) is 5.00. The van der Waals surface area contributed by atoms with Gasteiger partial charge in [-0.1, -0.05) is 42.5 Å². The van der Waals surface area contributed by atoms with E-state index in [1.165, 1.54) is 0 Å². The highest BCUT2D eigenvalue weighted by Crippen LogP contribution is 2.41. The van der Waals surface area contributed by atoms with E-state index < -0.39 is 6.04 Å². The van der Waals surface area contributed by atoms with Crippen molar-refractivity contribution in [3.8, 4) is 11.5 Å². The summed E-state index contributed by atoms with van der Waals surface area (Å²) in [5.74, 6) is 1.01. The van der Waals surface area contributed by atoms with Crippen LogP contribution >= 0.6 is 0 Å². The number of benzene rings is 3. The number of urea groups is 1. The van der Waals surface area contributed by atoms with Gasteiger partial charge in [0.2, 0.25) is 5.91 Å². The Morgan fingerprint density at radius 1 is 0.972 bits per heavy atom. The van der Waals surface area contributed by atoms with Gasteiger partial charge < -0.3 is 25.0 Å². The third-order valence-corrected chi connectivity index (χ3v) is 6.63. The number of nitrogens with zero attached hydrogens (tertiary/aromatic N) is 1. The average molecular weight is 488 g/mol. The number of hydrogen-bond donors (Lipinski definition) is 2. The molecule has 4 rings (SSSR count). The maximum absolute atomic E-state index is 13.5. The normalized spacial score (nSPS) is 15.5. The molecule has 0 spiro atoms. The van der Waals surface area contributed by atoms with Crippen molar-refractivity contribution >= 4 is 17.6 Å². The molecule has 0 aromatic heterocycles. The number of anilines is 1. The zero-order valence-electron chi connectivity index (χ0n) is 21.4. The van der Waals surface area contributed by atoms with Gasteiger partial charge in [0, 0.05) is 12.2 Å². The Labute approximate surface area is 212 Å². The number of fused-ring (bicyclic) bond motifs is 1. The zero-order valence-corrected chi connectivity index (χ0v) is 21.4. The van der Waals surface area contributed by atoms with Crippen LogP contribution in [-0.4, -0.2) is 43.6 Å². The molecule has 7 nitrogen and oxygen atoms in total. The van der Waals surface area contributed by atoms with Gasteiger partial charge in [-0.3, -0.25) is 4.79 Å². The Bertz CT molecular complexity index is 1260. The van der Waals surface area contributed by atoms with Crippen LogP contribution < -0.4 is 20.1 Å². The van der Waals surface area contributed by atoms with Crippen molar-refractivity contribution in [1.82, 2.24) is 10.2 Å². The van der Waals surface area contributed by atoms with E-state index in [2.05, 4.69) is 10.6 Å². The zero-order chi connectivity index (χ0) is 25.8. The number of rotatable bonds is 6. The number of aryl methyl sites for hydroxylation is 2. The summed E-state index contributed by atoms with van der Waals surface area (Å²) < 4.78 is 11.1. The number of hydrogen-bond acceptors (Lipinski definition) is 4. The molecule has 0 fully saturated rings. The summed E-state index contributed by atoms with van der Waals surface area (Å²) >= 11 is 0. The van der Waals surface area contributed by atoms with Crippen LogP contribution in [0.25, 0.3) is 0 Å². The summed E-state index contributed by atoms with van der Waals surface area (Å²) in [6, 6.07) is 18.4. The van der Waals surface area contributed by atoms with Crippen LogP contribution in [0.2, 0.25) is 0 Å². The second kappa shape index (κ2) is 10.7. The van der Waals surface area contributed by atoms with Crippen molar-refractivity contribution in [2.75, 3.05) is 26.1 Å². The summed E-state index contributed by atoms with van der Waals surface area (Å²) in [5.41, 5.74) is 5.83. The van der Waals surface area contributed by atoms with E-state index in [0.29, 0.717) is 24.5 Å². The third kappa shape index (κ3) is 5.15. The van der Waals surface area contributed by atoms with E-state index in [1.807, 2.05) is 74.5 Å². The van der Waals surface area contributed by atoms with Crippen LogP contribution in [0.15, 0.2) is 60.7 Å². The molecule has 1 heterocycles. The van der Waals surface area contributed by atoms with Crippen molar-refractivity contribution < 1.29 is 19.1 Å². The first-order valence-electron chi connectivity index (χ1n) is 12.1. The summed E-state index contributed by atoms with van der Waals surface area (Å²) in [7, 11) is 3.22. The van der Waals surface area contributed by atoms with Crippen LogP contribution in [0.4, 0.5) is 10.5 Å². The molecule has 0 aliphatic carbocycles. The summed E-state index contributed by atoms with van der Waals surface area (Å²) in [6.45, 7) is 6.11. The first-order chi connectivity index (χ1) is 17.3. The number of nitrogens with one attached hydrogen (secondary N) is 2. The maximum atomic E-state index is 13.5. The topological polar surface area (TPSA) is 79.9 Å². The van der Waals surface area contributed by atoms with Gasteiger partial charge in [0.15, 0.2) is 11.5 Å². The Morgan fingerprint density at radius 2 is 1.67 bits per heavy atom. The lowest BCUT2D eigenvalue weighted by molar-refractivity contribution is -0.117. The largest absolute Gasteiger partial charge is 0.493 e. The highest BCUT2D eigenvalue weighted by molar-refractivity contribution is 5.97. The summed E-state index contributed by atoms with van der Waals surface area (Å²) in [6.07, 6.45) is 0.662. The number of ether oxygens (including phenoxy) is 2. The van der Waals surface area contributed by atoms with Crippen molar-refractivity contribution in [2.45, 2.75) is 39.3 Å². The quantitative estimate of drug-likeness (QED) is 0.513. The molecule has 0 saturated heterocycles. The first-order valence-corrected chi connectivity index (χ1v) is 12.1. The molecule has 3 amide bonds. The van der Waals surface area contributed by atoms with Gasteiger partial charge in [0.25, 0.3) is 0 Å². The van der Waals surface area contributed by atoms with Crippen molar-refractivity contribution in [2.24, 2.45) is 0 Å². The molecule has 1 aliphatic heterocycles. The number of carbonyl (C=O) groups is 2. The number of methoxy groups -OCH3 is 2. The molecule has 36 heavy (non-hydrogen) atoms. The Kier molecular flexibility index (Phi) is 7.48. The van der Waals surface area contributed by atoms with Gasteiger partial charge in [-0.25, -0.2) is 4.79 Å². The number of amides is 3. The fourth-order valence-electron chi connectivity index (χ4n) is 4.60. The summed E-state index contributed by atoms with van der Waals surface area (Å²) in [4.78, 5) is 28.2. The molecule has 188 valence electrons. The second-order valence-electron chi connectivity index (χ2n) is 9.14. The molecule has 0 radical (unpaired) electrons. The Morgan fingerprint density at radius 3 is 2.36 bits per heavy atom. The monoisotopic (exact) mass is 487 g/mol. The molecule has 1 aliphatic rings. The Hall–Kier alpha value is -4.00. The lowest BCUT2D eigenvalue weighted by atomic mass is 9.88. The van der Waals surface area contributed by atoms with E-state index in [0.717, 1.165) is 33.5 Å². The standard InChI is InChI=1S/C29H33N3O4/c1-18-11-12-19(2)24(15-18)31-28(33)20(3)30-29(34)32-14-13-22-16-25(35-4)26(36-5)17-23(22)27(32)21-9-7-6-8-10-21/h6-12,15-17,20,27H,13-14H2,1-5H3,(H,30,34)(H,31,33)/t20-,27+/m0/s1. The Balaban J connectivity index is 1.59. The van der Waals surface area contributed by atoms with Crippen molar-refractivity contribution in [3.05, 3.63) is 88.5 Å². The van der Waals surface area contributed by atoms with Crippen molar-refractivity contribution in [1.29, 1.82) is 0 Å². The van der Waals surface area contributed by atoms with E-state index in [4.69, 9.17) is 9.47 Å². The molecule has 0 unspecified atom stereocenters. The van der Waals surface area contributed by atoms with Gasteiger partial charge in [-0.05, 0) is 73.2 Å². The van der Waals surface area contributed by atoms with Crippen LogP contribution in [0.1, 0.15) is 40.8 Å². The minimum Gasteiger partial charge on any atom is -0.493 e. The van der Waals surface area contributed by atoms with Crippen LogP contribution in [0.3, 0.4) is 0 Å². The SMILES string of the molecule is COc1cc2c(cc1OC)[C@@H](c1ccccc1)N(C(=O)N[C@@H](C)C(=O)Nc1cc(C)ccc1C)CC2. The third-order valence-electron chi connectivity index (χ3n) is 6.63. The molecule has 3 aromatic carbocycles. The van der Waals surface area contributed by atoms with Gasteiger partial charge >= 0.3 is 6.03 Å². The van der Waals surface area contributed by atoms with Gasteiger partial charge in [-0.2, -0.15) is 0 Å². The average Bonchev–Trinajstić information content (AvgIpc) is 2.89.